The molecule has 32 heavy (non-hydrogen) atoms. The summed E-state index contributed by atoms with van der Waals surface area (Å²) in [6.45, 7) is 0.815. The number of nitrogens with one attached hydrogen (secondary N) is 1. The number of para-hydroxylation sites is 1. The molecule has 7 heteroatoms. The van der Waals surface area contributed by atoms with Gasteiger partial charge in [0, 0.05) is 10.4 Å². The summed E-state index contributed by atoms with van der Waals surface area (Å²) in [5, 5.41) is 3.47. The van der Waals surface area contributed by atoms with Crippen molar-refractivity contribution in [3.8, 4) is 11.5 Å². The minimum absolute atomic E-state index is 0.271. The minimum Gasteiger partial charge on any atom is -0.490 e. The first-order valence-electron chi connectivity index (χ1n) is 10.6. The summed E-state index contributed by atoms with van der Waals surface area (Å²) in [6.07, 6.45) is 3.91. The number of hydrogen-bond donors (Lipinski definition) is 1. The van der Waals surface area contributed by atoms with E-state index >= 15 is 0 Å². The van der Waals surface area contributed by atoms with Gasteiger partial charge in [0.15, 0.2) is 0 Å². The van der Waals surface area contributed by atoms with Crippen molar-refractivity contribution in [2.75, 3.05) is 25.6 Å². The number of rotatable bonds is 8. The molecule has 0 aliphatic heterocycles. The number of amides is 1. The molecule has 0 bridgehead atoms. The zero-order chi connectivity index (χ0) is 22.3. The molecule has 6 nitrogen and oxygen atoms in total. The van der Waals surface area contributed by atoms with E-state index in [0.717, 1.165) is 41.9 Å². The van der Waals surface area contributed by atoms with Gasteiger partial charge in [-0.15, -0.1) is 11.3 Å². The Bertz CT molecular complexity index is 1080. The lowest BCUT2D eigenvalue weighted by Gasteiger charge is -2.12. The lowest BCUT2D eigenvalue weighted by Crippen LogP contribution is -2.15. The third kappa shape index (κ3) is 5.11. The fourth-order valence-corrected chi connectivity index (χ4v) is 4.96. The van der Waals surface area contributed by atoms with Gasteiger partial charge in [0.25, 0.3) is 5.91 Å². The number of hydrogen-bond acceptors (Lipinski definition) is 6. The van der Waals surface area contributed by atoms with Crippen molar-refractivity contribution in [3.63, 3.8) is 0 Å². The van der Waals surface area contributed by atoms with Crippen molar-refractivity contribution in [2.24, 2.45) is 0 Å². The lowest BCUT2D eigenvalue weighted by molar-refractivity contribution is 0.0601. The molecule has 0 fully saturated rings. The Morgan fingerprint density at radius 3 is 2.25 bits per heavy atom. The highest BCUT2D eigenvalue weighted by molar-refractivity contribution is 7.17. The second kappa shape index (κ2) is 10.3. The van der Waals surface area contributed by atoms with Gasteiger partial charge in [0.2, 0.25) is 0 Å². The van der Waals surface area contributed by atoms with E-state index in [2.05, 4.69) is 5.32 Å². The Morgan fingerprint density at radius 1 is 0.906 bits per heavy atom. The number of anilines is 1. The Balaban J connectivity index is 1.36. The van der Waals surface area contributed by atoms with E-state index in [1.54, 1.807) is 24.3 Å². The predicted molar refractivity (Wildman–Crippen MR) is 124 cm³/mol. The second-order valence-corrected chi connectivity index (χ2v) is 8.50. The molecule has 0 unspecified atom stereocenters. The van der Waals surface area contributed by atoms with Crippen LogP contribution >= 0.6 is 11.3 Å². The summed E-state index contributed by atoms with van der Waals surface area (Å²) in [7, 11) is 1.37. The molecular formula is C25H25NO5S. The van der Waals surface area contributed by atoms with E-state index < -0.39 is 5.97 Å². The van der Waals surface area contributed by atoms with Crippen LogP contribution < -0.4 is 14.8 Å². The van der Waals surface area contributed by atoms with Crippen molar-refractivity contribution in [2.45, 2.75) is 25.7 Å². The molecular weight excluding hydrogens is 426 g/mol. The largest absolute Gasteiger partial charge is 0.490 e. The van der Waals surface area contributed by atoms with E-state index in [9.17, 15) is 9.59 Å². The average molecular weight is 452 g/mol. The zero-order valence-corrected chi connectivity index (χ0v) is 18.7. The third-order valence-electron chi connectivity index (χ3n) is 5.27. The maximum absolute atomic E-state index is 12.8. The molecule has 0 radical (unpaired) electrons. The molecule has 1 heterocycles. The molecule has 0 saturated heterocycles. The monoisotopic (exact) mass is 451 g/mol. The highest BCUT2D eigenvalue weighted by atomic mass is 32.1. The fraction of sp³-hybridized carbons (Fsp3) is 0.280. The number of esters is 1. The second-order valence-electron chi connectivity index (χ2n) is 7.40. The van der Waals surface area contributed by atoms with E-state index in [1.807, 2.05) is 30.3 Å². The van der Waals surface area contributed by atoms with Crippen LogP contribution in [0.3, 0.4) is 0 Å². The summed E-state index contributed by atoms with van der Waals surface area (Å²) < 4.78 is 16.3. The number of aryl methyl sites for hydroxylation is 1. The van der Waals surface area contributed by atoms with E-state index in [1.165, 1.54) is 18.4 Å². The van der Waals surface area contributed by atoms with Crippen LogP contribution in [0.4, 0.5) is 5.00 Å². The number of ether oxygens (including phenoxy) is 3. The first-order chi connectivity index (χ1) is 15.7. The molecule has 1 aliphatic rings. The zero-order valence-electron chi connectivity index (χ0n) is 17.9. The van der Waals surface area contributed by atoms with Gasteiger partial charge in [0.05, 0.1) is 12.7 Å². The lowest BCUT2D eigenvalue weighted by atomic mass is 9.95. The summed E-state index contributed by atoms with van der Waals surface area (Å²) in [5.74, 6) is 0.777. The highest BCUT2D eigenvalue weighted by Gasteiger charge is 2.27. The van der Waals surface area contributed by atoms with Gasteiger partial charge >= 0.3 is 5.97 Å². The number of fused-ring (bicyclic) bond motifs is 1. The van der Waals surface area contributed by atoms with E-state index in [-0.39, 0.29) is 5.91 Å². The van der Waals surface area contributed by atoms with Crippen LogP contribution in [0.25, 0.3) is 0 Å². The summed E-state index contributed by atoms with van der Waals surface area (Å²) in [4.78, 5) is 26.3. The van der Waals surface area contributed by atoms with E-state index in [4.69, 9.17) is 14.2 Å². The normalized spacial score (nSPS) is 12.5. The SMILES string of the molecule is COC(=O)c1c(NC(=O)c2ccc(OCCOc3ccccc3)cc2)sc2c1CCCC2. The van der Waals surface area contributed by atoms with E-state index in [0.29, 0.717) is 35.1 Å². The Kier molecular flexibility index (Phi) is 7.07. The van der Waals surface area contributed by atoms with Gasteiger partial charge in [-0.05, 0) is 67.6 Å². The third-order valence-corrected chi connectivity index (χ3v) is 6.48. The molecule has 1 aliphatic carbocycles. The number of thiophene rings is 1. The van der Waals surface area contributed by atoms with Crippen molar-refractivity contribution in [3.05, 3.63) is 76.2 Å². The summed E-state index contributed by atoms with van der Waals surface area (Å²) in [6, 6.07) is 16.5. The molecule has 0 saturated carbocycles. The van der Waals surface area contributed by atoms with Crippen molar-refractivity contribution < 1.29 is 23.8 Å². The highest BCUT2D eigenvalue weighted by Crippen LogP contribution is 2.38. The van der Waals surface area contributed by atoms with Crippen LogP contribution in [0.1, 0.15) is 44.0 Å². The van der Waals surface area contributed by atoms with Crippen LogP contribution in [0.15, 0.2) is 54.6 Å². The predicted octanol–water partition coefficient (Wildman–Crippen LogP) is 5.12. The Labute approximate surface area is 191 Å². The van der Waals surface area contributed by atoms with Gasteiger partial charge in [-0.2, -0.15) is 0 Å². The van der Waals surface area contributed by atoms with Crippen LogP contribution in [0.2, 0.25) is 0 Å². The first-order valence-corrected chi connectivity index (χ1v) is 11.4. The van der Waals surface area contributed by atoms with Gasteiger partial charge in [-0.3, -0.25) is 4.79 Å². The van der Waals surface area contributed by atoms with Crippen molar-refractivity contribution >= 4 is 28.2 Å². The first kappa shape index (κ1) is 21.9. The van der Waals surface area contributed by atoms with Gasteiger partial charge in [0.1, 0.15) is 29.7 Å². The van der Waals surface area contributed by atoms with Crippen LogP contribution in [-0.2, 0) is 17.6 Å². The summed E-state index contributed by atoms with van der Waals surface area (Å²) in [5.41, 5.74) is 2.00. The van der Waals surface area contributed by atoms with Crippen LogP contribution in [0, 0.1) is 0 Å². The molecule has 4 rings (SSSR count). The van der Waals surface area contributed by atoms with Gasteiger partial charge < -0.3 is 19.5 Å². The molecule has 3 aromatic rings. The Hall–Kier alpha value is -3.32. The topological polar surface area (TPSA) is 73.9 Å². The number of benzene rings is 2. The molecule has 2 aromatic carbocycles. The quantitative estimate of drug-likeness (QED) is 0.380. The van der Waals surface area contributed by atoms with Crippen molar-refractivity contribution in [1.29, 1.82) is 0 Å². The number of methoxy groups -OCH3 is 1. The Morgan fingerprint density at radius 2 is 1.56 bits per heavy atom. The van der Waals surface area contributed by atoms with Gasteiger partial charge in [-0.25, -0.2) is 4.79 Å². The van der Waals surface area contributed by atoms with Gasteiger partial charge in [-0.1, -0.05) is 18.2 Å². The number of carbonyl (C=O) groups excluding carboxylic acids is 2. The van der Waals surface area contributed by atoms with Crippen LogP contribution in [-0.4, -0.2) is 32.2 Å². The maximum atomic E-state index is 12.8. The fourth-order valence-electron chi connectivity index (χ4n) is 3.69. The average Bonchev–Trinajstić information content (AvgIpc) is 3.20. The molecule has 166 valence electrons. The maximum Gasteiger partial charge on any atom is 0.341 e. The van der Waals surface area contributed by atoms with Crippen LogP contribution in [0.5, 0.6) is 11.5 Å². The molecule has 1 N–H and O–H groups in total. The minimum atomic E-state index is -0.402. The molecule has 1 amide bonds. The van der Waals surface area contributed by atoms with Crippen molar-refractivity contribution in [1.82, 2.24) is 0 Å². The number of carbonyl (C=O) groups is 2. The standard InChI is InChI=1S/C25H25NO5S/c1-29-25(28)22-20-9-5-6-10-21(20)32-24(22)26-23(27)17-11-13-19(14-12-17)31-16-15-30-18-7-3-2-4-8-18/h2-4,7-8,11-14H,5-6,9-10,15-16H2,1H3,(H,26,27). The smallest absolute Gasteiger partial charge is 0.341 e. The summed E-state index contributed by atoms with van der Waals surface area (Å²) >= 11 is 1.47. The molecule has 1 aromatic heterocycles. The molecule has 0 atom stereocenters. The molecule has 0 spiro atoms.